The normalized spacial score (nSPS) is 11.8. The van der Waals surface area contributed by atoms with Gasteiger partial charge in [0.05, 0.1) is 23.2 Å². The fourth-order valence-corrected chi connectivity index (χ4v) is 2.67. The van der Waals surface area contributed by atoms with Crippen LogP contribution in [0.4, 0.5) is 13.2 Å². The Morgan fingerprint density at radius 2 is 2.17 bits per heavy atom. The number of aromatic nitrogens is 4. The van der Waals surface area contributed by atoms with Crippen LogP contribution < -0.4 is 0 Å². The highest BCUT2D eigenvalue weighted by Crippen LogP contribution is 2.31. The van der Waals surface area contributed by atoms with E-state index in [1.54, 1.807) is 12.1 Å². The molecule has 0 spiro atoms. The first kappa shape index (κ1) is 15.2. The fourth-order valence-electron chi connectivity index (χ4n) is 1.74. The standard InChI is InChI=1S/C12H7F3N4O3S/c13-12(14,15)11-17-9(18-22-11)8-2-1-7(23-8)5-19-4-6(3-16-19)10(20)21/h1-4H,5H2,(H,20,21). The minimum atomic E-state index is -4.69. The van der Waals surface area contributed by atoms with Crippen molar-refractivity contribution in [1.29, 1.82) is 0 Å². The minimum absolute atomic E-state index is 0.0507. The SMILES string of the molecule is O=C(O)c1cnn(Cc2ccc(-c3noc(C(F)(F)F)n3)s2)c1. The summed E-state index contributed by atoms with van der Waals surface area (Å²) in [6.45, 7) is 0.280. The molecule has 1 N–H and O–H groups in total. The lowest BCUT2D eigenvalue weighted by Gasteiger charge is -1.96. The van der Waals surface area contributed by atoms with Crippen molar-refractivity contribution in [1.82, 2.24) is 19.9 Å². The molecule has 3 aromatic heterocycles. The zero-order valence-electron chi connectivity index (χ0n) is 11.1. The Morgan fingerprint density at radius 1 is 1.39 bits per heavy atom. The van der Waals surface area contributed by atoms with Crippen LogP contribution in [-0.4, -0.2) is 31.0 Å². The summed E-state index contributed by atoms with van der Waals surface area (Å²) in [5.41, 5.74) is 0.0507. The van der Waals surface area contributed by atoms with E-state index < -0.39 is 18.0 Å². The van der Waals surface area contributed by atoms with Gasteiger partial charge in [0.15, 0.2) is 0 Å². The quantitative estimate of drug-likeness (QED) is 0.782. The molecule has 0 unspecified atom stereocenters. The molecule has 0 fully saturated rings. The monoisotopic (exact) mass is 344 g/mol. The summed E-state index contributed by atoms with van der Waals surface area (Å²) in [5, 5.41) is 16.0. The molecule has 0 saturated carbocycles. The summed E-state index contributed by atoms with van der Waals surface area (Å²) in [5.74, 6) is -2.64. The van der Waals surface area contributed by atoms with Gasteiger partial charge in [-0.15, -0.1) is 11.3 Å². The number of carboxylic acids is 1. The number of halogens is 3. The smallest absolute Gasteiger partial charge is 0.471 e. The van der Waals surface area contributed by atoms with Gasteiger partial charge in [-0.3, -0.25) is 4.68 Å². The Labute approximate surface area is 130 Å². The Kier molecular flexibility index (Phi) is 3.64. The molecule has 0 bridgehead atoms. The highest BCUT2D eigenvalue weighted by atomic mass is 32.1. The van der Waals surface area contributed by atoms with Gasteiger partial charge in [0, 0.05) is 11.1 Å². The average molecular weight is 344 g/mol. The van der Waals surface area contributed by atoms with Crippen molar-refractivity contribution < 1.29 is 27.6 Å². The molecule has 0 aliphatic rings. The van der Waals surface area contributed by atoms with Crippen LogP contribution in [-0.2, 0) is 12.7 Å². The van der Waals surface area contributed by atoms with Gasteiger partial charge in [0.2, 0.25) is 5.82 Å². The number of alkyl halides is 3. The van der Waals surface area contributed by atoms with E-state index in [1.807, 2.05) is 0 Å². The maximum absolute atomic E-state index is 12.4. The number of carbonyl (C=O) groups is 1. The van der Waals surface area contributed by atoms with Crippen LogP contribution in [0.3, 0.4) is 0 Å². The predicted molar refractivity (Wildman–Crippen MR) is 70.9 cm³/mol. The zero-order chi connectivity index (χ0) is 16.6. The Balaban J connectivity index is 1.77. The number of hydrogen-bond acceptors (Lipinski definition) is 6. The largest absolute Gasteiger partial charge is 0.478 e. The van der Waals surface area contributed by atoms with Gasteiger partial charge in [0.25, 0.3) is 0 Å². The first-order chi connectivity index (χ1) is 10.8. The molecule has 0 atom stereocenters. The summed E-state index contributed by atoms with van der Waals surface area (Å²) < 4.78 is 42.9. The van der Waals surface area contributed by atoms with Crippen LogP contribution in [0, 0.1) is 0 Å². The van der Waals surface area contributed by atoms with Crippen LogP contribution in [0.2, 0.25) is 0 Å². The lowest BCUT2D eigenvalue weighted by atomic mass is 10.4. The topological polar surface area (TPSA) is 94.0 Å². The first-order valence-corrected chi connectivity index (χ1v) is 6.90. The molecule has 11 heteroatoms. The van der Waals surface area contributed by atoms with Gasteiger partial charge >= 0.3 is 18.0 Å². The molecule has 0 aromatic carbocycles. The van der Waals surface area contributed by atoms with Crippen molar-refractivity contribution in [2.45, 2.75) is 12.7 Å². The van der Waals surface area contributed by atoms with E-state index >= 15 is 0 Å². The number of rotatable bonds is 4. The van der Waals surface area contributed by atoms with Crippen molar-refractivity contribution >= 4 is 17.3 Å². The molecule has 0 aliphatic heterocycles. The van der Waals surface area contributed by atoms with E-state index in [0.29, 0.717) is 4.88 Å². The number of carboxylic acid groups (broad SMARTS) is 1. The maximum Gasteiger partial charge on any atom is 0.471 e. The van der Waals surface area contributed by atoms with E-state index in [9.17, 15) is 18.0 Å². The fraction of sp³-hybridized carbons (Fsp3) is 0.167. The number of hydrogen-bond donors (Lipinski definition) is 1. The van der Waals surface area contributed by atoms with Gasteiger partial charge < -0.3 is 9.63 Å². The van der Waals surface area contributed by atoms with E-state index in [4.69, 9.17) is 5.11 Å². The first-order valence-electron chi connectivity index (χ1n) is 6.08. The molecule has 3 aromatic rings. The second kappa shape index (κ2) is 5.50. The lowest BCUT2D eigenvalue weighted by Crippen LogP contribution is -2.04. The van der Waals surface area contributed by atoms with E-state index in [0.717, 1.165) is 16.2 Å². The third-order valence-electron chi connectivity index (χ3n) is 2.75. The van der Waals surface area contributed by atoms with Gasteiger partial charge in [-0.05, 0) is 12.1 Å². The highest BCUT2D eigenvalue weighted by molar-refractivity contribution is 7.15. The van der Waals surface area contributed by atoms with Crippen LogP contribution >= 0.6 is 11.3 Å². The second-order valence-corrected chi connectivity index (χ2v) is 5.59. The van der Waals surface area contributed by atoms with Crippen LogP contribution in [0.25, 0.3) is 10.7 Å². The summed E-state index contributed by atoms with van der Waals surface area (Å²) in [6.07, 6.45) is -2.11. The molecule has 0 aliphatic carbocycles. The molecule has 0 radical (unpaired) electrons. The Bertz CT molecular complexity index is 852. The summed E-state index contributed by atoms with van der Waals surface area (Å²) in [6, 6.07) is 3.23. The summed E-state index contributed by atoms with van der Waals surface area (Å²) in [4.78, 5) is 15.2. The Morgan fingerprint density at radius 3 is 2.78 bits per heavy atom. The van der Waals surface area contributed by atoms with E-state index in [2.05, 4.69) is 19.8 Å². The van der Waals surface area contributed by atoms with Crippen molar-refractivity contribution in [3.63, 3.8) is 0 Å². The van der Waals surface area contributed by atoms with Crippen LogP contribution in [0.15, 0.2) is 29.0 Å². The third kappa shape index (κ3) is 3.23. The Hall–Kier alpha value is -2.69. The van der Waals surface area contributed by atoms with E-state index in [1.165, 1.54) is 17.1 Å². The molecule has 3 heterocycles. The molecule has 23 heavy (non-hydrogen) atoms. The molecule has 120 valence electrons. The van der Waals surface area contributed by atoms with Crippen LogP contribution in [0.1, 0.15) is 21.1 Å². The lowest BCUT2D eigenvalue weighted by molar-refractivity contribution is -0.159. The van der Waals surface area contributed by atoms with Crippen molar-refractivity contribution in [3.8, 4) is 10.7 Å². The predicted octanol–water partition coefficient (Wildman–Crippen LogP) is 2.76. The average Bonchev–Trinajstić information content (AvgIpc) is 3.17. The second-order valence-electron chi connectivity index (χ2n) is 4.42. The maximum atomic E-state index is 12.4. The zero-order valence-corrected chi connectivity index (χ0v) is 11.9. The number of thiophene rings is 1. The minimum Gasteiger partial charge on any atom is -0.478 e. The molecule has 0 amide bonds. The van der Waals surface area contributed by atoms with Gasteiger partial charge in [-0.1, -0.05) is 5.16 Å². The van der Waals surface area contributed by atoms with Gasteiger partial charge in [-0.25, -0.2) is 4.79 Å². The van der Waals surface area contributed by atoms with Gasteiger partial charge in [0.1, 0.15) is 0 Å². The molecule has 3 rings (SSSR count). The third-order valence-corrected chi connectivity index (χ3v) is 3.81. The van der Waals surface area contributed by atoms with Crippen molar-refractivity contribution in [3.05, 3.63) is 40.9 Å². The van der Waals surface area contributed by atoms with Crippen molar-refractivity contribution in [2.75, 3.05) is 0 Å². The van der Waals surface area contributed by atoms with Crippen LogP contribution in [0.5, 0.6) is 0 Å². The highest BCUT2D eigenvalue weighted by Gasteiger charge is 2.38. The molecular formula is C12H7F3N4O3S. The summed E-state index contributed by atoms with van der Waals surface area (Å²) >= 11 is 1.16. The summed E-state index contributed by atoms with van der Waals surface area (Å²) in [7, 11) is 0. The molecular weight excluding hydrogens is 337 g/mol. The van der Waals surface area contributed by atoms with Gasteiger partial charge in [-0.2, -0.15) is 23.3 Å². The molecule has 7 nitrogen and oxygen atoms in total. The van der Waals surface area contributed by atoms with Crippen molar-refractivity contribution in [2.24, 2.45) is 0 Å². The van der Waals surface area contributed by atoms with E-state index in [-0.39, 0.29) is 17.9 Å². The number of aromatic carboxylic acids is 1. The number of nitrogens with zero attached hydrogens (tertiary/aromatic N) is 4. The molecule has 0 saturated heterocycles.